The first-order valence-electron chi connectivity index (χ1n) is 11.3. The lowest BCUT2D eigenvalue weighted by Gasteiger charge is -2.32. The lowest BCUT2D eigenvalue weighted by molar-refractivity contribution is 0.262. The molecule has 0 heterocycles. The second-order valence-electron chi connectivity index (χ2n) is 8.25. The normalized spacial score (nSPS) is 12.8. The van der Waals surface area contributed by atoms with E-state index in [0.29, 0.717) is 23.7 Å². The zero-order valence-electron chi connectivity index (χ0n) is 20.0. The Hall–Kier alpha value is -2.98. The van der Waals surface area contributed by atoms with Crippen LogP contribution in [0, 0.1) is 17.2 Å². The van der Waals surface area contributed by atoms with Crippen LogP contribution in [0.25, 0.3) is 0 Å². The van der Waals surface area contributed by atoms with Crippen LogP contribution in [0.15, 0.2) is 36.4 Å². The van der Waals surface area contributed by atoms with E-state index in [1.54, 1.807) is 26.4 Å². The van der Waals surface area contributed by atoms with Gasteiger partial charge in [-0.1, -0.05) is 26.0 Å². The number of phenolic OH excluding ortho intramolecular Hbond substituents is 1. The molecule has 33 heavy (non-hydrogen) atoms. The topological polar surface area (TPSA) is 83.7 Å². The number of aromatic hydroxyl groups is 1. The maximum Gasteiger partial charge on any atom is 0.161 e. The number of alkyl halides is 1. The molecule has 1 atom stereocenters. The second-order valence-corrected chi connectivity index (χ2v) is 8.25. The third-order valence-electron chi connectivity index (χ3n) is 5.96. The minimum atomic E-state index is -0.623. The van der Waals surface area contributed by atoms with Crippen LogP contribution in [0.3, 0.4) is 0 Å². The summed E-state index contributed by atoms with van der Waals surface area (Å²) < 4.78 is 28.1. The highest BCUT2D eigenvalue weighted by molar-refractivity contribution is 5.47. The fourth-order valence-electron chi connectivity index (χ4n) is 3.97. The van der Waals surface area contributed by atoms with Gasteiger partial charge in [-0.15, -0.1) is 0 Å². The van der Waals surface area contributed by atoms with Gasteiger partial charge in [0.1, 0.15) is 13.3 Å². The van der Waals surface area contributed by atoms with E-state index in [2.05, 4.69) is 25.2 Å². The molecule has 0 aliphatic rings. The first-order chi connectivity index (χ1) is 15.9. The molecule has 0 unspecified atom stereocenters. The lowest BCUT2D eigenvalue weighted by atomic mass is 9.70. The summed E-state index contributed by atoms with van der Waals surface area (Å²) in [5.41, 5.74) is 1.28. The summed E-state index contributed by atoms with van der Waals surface area (Å²) in [5.74, 6) is 1.71. The van der Waals surface area contributed by atoms with Crippen LogP contribution >= 0.6 is 0 Å². The van der Waals surface area contributed by atoms with Gasteiger partial charge in [0.2, 0.25) is 0 Å². The van der Waals surface area contributed by atoms with Gasteiger partial charge in [-0.3, -0.25) is 0 Å². The largest absolute Gasteiger partial charge is 0.504 e. The number of hydrogen-bond acceptors (Lipinski definition) is 6. The Labute approximate surface area is 196 Å². The number of hydrogen-bond donors (Lipinski definition) is 2. The van der Waals surface area contributed by atoms with Crippen molar-refractivity contribution in [1.82, 2.24) is 5.32 Å². The summed E-state index contributed by atoms with van der Waals surface area (Å²) in [7, 11) is 3.19. The molecule has 0 spiro atoms. The van der Waals surface area contributed by atoms with Crippen LogP contribution in [0.1, 0.15) is 37.8 Å². The number of benzene rings is 2. The third kappa shape index (κ3) is 6.75. The van der Waals surface area contributed by atoms with E-state index in [4.69, 9.17) is 14.2 Å². The Bertz CT molecular complexity index is 929. The summed E-state index contributed by atoms with van der Waals surface area (Å²) in [6, 6.07) is 13.5. The quantitative estimate of drug-likeness (QED) is 0.396. The molecule has 7 heteroatoms. The predicted molar refractivity (Wildman–Crippen MR) is 127 cm³/mol. The summed E-state index contributed by atoms with van der Waals surface area (Å²) in [6.45, 7) is 4.98. The van der Waals surface area contributed by atoms with Crippen molar-refractivity contribution in [1.29, 1.82) is 5.26 Å². The fourth-order valence-corrected chi connectivity index (χ4v) is 3.97. The molecule has 2 N–H and O–H groups in total. The summed E-state index contributed by atoms with van der Waals surface area (Å²) >= 11 is 0. The van der Waals surface area contributed by atoms with Crippen molar-refractivity contribution in [3.8, 4) is 29.1 Å². The molecular weight excluding hydrogens is 423 g/mol. The van der Waals surface area contributed by atoms with Gasteiger partial charge >= 0.3 is 0 Å². The van der Waals surface area contributed by atoms with Gasteiger partial charge in [0.15, 0.2) is 23.0 Å². The summed E-state index contributed by atoms with van der Waals surface area (Å²) in [5, 5.41) is 23.6. The molecule has 2 aromatic rings. The minimum Gasteiger partial charge on any atom is -0.504 e. The molecule has 0 aliphatic heterocycles. The van der Waals surface area contributed by atoms with Gasteiger partial charge in [0, 0.05) is 0 Å². The molecule has 6 nitrogen and oxygen atoms in total. The Morgan fingerprint density at radius 2 is 1.79 bits per heavy atom. The SMILES string of the molecule is COc1ccc([C@](C#N)(CCCNCCc2ccc(OCCF)c(O)c2)C(C)C)cc1OC. The number of phenols is 1. The zero-order chi connectivity index (χ0) is 24.3. The number of nitriles is 1. The fraction of sp³-hybridized carbons (Fsp3) is 0.500. The highest BCUT2D eigenvalue weighted by atomic mass is 19.1. The second kappa shape index (κ2) is 12.9. The van der Waals surface area contributed by atoms with Crippen LogP contribution in [0.2, 0.25) is 0 Å². The van der Waals surface area contributed by atoms with Gasteiger partial charge in [-0.25, -0.2) is 4.39 Å². The zero-order valence-corrected chi connectivity index (χ0v) is 20.0. The van der Waals surface area contributed by atoms with E-state index >= 15 is 0 Å². The highest BCUT2D eigenvalue weighted by Crippen LogP contribution is 2.40. The van der Waals surface area contributed by atoms with Crippen LogP contribution in [0.5, 0.6) is 23.0 Å². The van der Waals surface area contributed by atoms with Crippen LogP contribution < -0.4 is 19.5 Å². The average Bonchev–Trinajstić information content (AvgIpc) is 2.82. The summed E-state index contributed by atoms with van der Waals surface area (Å²) in [4.78, 5) is 0. The molecule has 2 rings (SSSR count). The smallest absolute Gasteiger partial charge is 0.161 e. The molecule has 0 bridgehead atoms. The van der Waals surface area contributed by atoms with Gasteiger partial charge < -0.3 is 24.6 Å². The maximum atomic E-state index is 12.2. The van der Waals surface area contributed by atoms with Crippen molar-refractivity contribution in [2.75, 3.05) is 40.6 Å². The van der Waals surface area contributed by atoms with Crippen LogP contribution in [-0.4, -0.2) is 45.7 Å². The van der Waals surface area contributed by atoms with Gasteiger partial charge in [0.05, 0.1) is 25.7 Å². The van der Waals surface area contributed by atoms with Crippen LogP contribution in [-0.2, 0) is 11.8 Å². The van der Waals surface area contributed by atoms with Crippen molar-refractivity contribution in [3.63, 3.8) is 0 Å². The number of methoxy groups -OCH3 is 2. The van der Waals surface area contributed by atoms with Crippen molar-refractivity contribution in [3.05, 3.63) is 47.5 Å². The summed E-state index contributed by atoms with van der Waals surface area (Å²) in [6.07, 6.45) is 2.28. The Balaban J connectivity index is 1.91. The molecule has 0 aliphatic carbocycles. The van der Waals surface area contributed by atoms with E-state index in [9.17, 15) is 14.8 Å². The standard InChI is InChI=1S/C26H35FN2O4/c1-19(2)26(18-28,21-7-9-24(31-3)25(17-21)32-4)11-5-13-29-14-10-20-6-8-23(22(30)16-20)33-15-12-27/h6-9,16-17,19,29-30H,5,10-15H2,1-4H3/t26-/m0/s1. The molecule has 2 aromatic carbocycles. The number of nitrogens with one attached hydrogen (secondary N) is 1. The molecule has 0 fully saturated rings. The minimum absolute atomic E-state index is 0.0200. The van der Waals surface area contributed by atoms with E-state index in [0.717, 1.165) is 37.1 Å². The van der Waals surface area contributed by atoms with E-state index < -0.39 is 12.1 Å². The number of rotatable bonds is 14. The van der Waals surface area contributed by atoms with Crippen LogP contribution in [0.4, 0.5) is 4.39 Å². The van der Waals surface area contributed by atoms with Crippen molar-refractivity contribution in [2.45, 2.75) is 38.5 Å². The molecule has 0 saturated carbocycles. The number of ether oxygens (including phenoxy) is 3. The Kier molecular flexibility index (Phi) is 10.3. The first kappa shape index (κ1) is 26.3. The van der Waals surface area contributed by atoms with E-state index in [1.807, 2.05) is 24.3 Å². The number of nitrogens with zero attached hydrogens (tertiary/aromatic N) is 1. The highest BCUT2D eigenvalue weighted by Gasteiger charge is 2.36. The molecule has 0 aromatic heterocycles. The van der Waals surface area contributed by atoms with Gasteiger partial charge in [0.25, 0.3) is 0 Å². The Morgan fingerprint density at radius 1 is 1.06 bits per heavy atom. The van der Waals surface area contributed by atoms with Crippen molar-refractivity contribution < 1.29 is 23.7 Å². The maximum absolute atomic E-state index is 12.2. The predicted octanol–water partition coefficient (Wildman–Crippen LogP) is 4.79. The molecule has 0 amide bonds. The van der Waals surface area contributed by atoms with Gasteiger partial charge in [-0.05, 0) is 73.7 Å². The molecule has 180 valence electrons. The number of halogens is 1. The van der Waals surface area contributed by atoms with E-state index in [1.165, 1.54) is 0 Å². The Morgan fingerprint density at radius 3 is 2.39 bits per heavy atom. The molecular formula is C26H35FN2O4. The monoisotopic (exact) mass is 458 g/mol. The van der Waals surface area contributed by atoms with Crippen molar-refractivity contribution >= 4 is 0 Å². The third-order valence-corrected chi connectivity index (χ3v) is 5.96. The molecule has 0 saturated heterocycles. The van der Waals surface area contributed by atoms with Crippen molar-refractivity contribution in [2.24, 2.45) is 5.92 Å². The van der Waals surface area contributed by atoms with Gasteiger partial charge in [-0.2, -0.15) is 5.26 Å². The van der Waals surface area contributed by atoms with E-state index in [-0.39, 0.29) is 18.3 Å². The average molecular weight is 459 g/mol. The molecule has 0 radical (unpaired) electrons. The lowest BCUT2D eigenvalue weighted by Crippen LogP contribution is -2.32. The first-order valence-corrected chi connectivity index (χ1v) is 11.3.